The Hall–Kier alpha value is -1.59. The second-order valence-electron chi connectivity index (χ2n) is 4.75. The summed E-state index contributed by atoms with van der Waals surface area (Å²) in [5.41, 5.74) is 2.50. The second kappa shape index (κ2) is 6.91. The summed E-state index contributed by atoms with van der Waals surface area (Å²) in [5.74, 6) is -0.0218. The van der Waals surface area contributed by atoms with Crippen molar-refractivity contribution < 1.29 is 4.79 Å². The molecule has 0 radical (unpaired) electrons. The minimum Gasteiger partial charge on any atom is -0.376 e. The van der Waals surface area contributed by atoms with Crippen molar-refractivity contribution in [2.75, 3.05) is 10.6 Å². The summed E-state index contributed by atoms with van der Waals surface area (Å²) in [6.45, 7) is 5.83. The highest BCUT2D eigenvalue weighted by Crippen LogP contribution is 2.29. The molecule has 2 aromatic rings. The number of carbonyl (C=O) groups excluding carboxylic acids is 1. The van der Waals surface area contributed by atoms with Crippen LogP contribution in [0.5, 0.6) is 0 Å². The highest BCUT2D eigenvalue weighted by Gasteiger charge is 2.11. The van der Waals surface area contributed by atoms with Gasteiger partial charge >= 0.3 is 0 Å². The van der Waals surface area contributed by atoms with Crippen molar-refractivity contribution >= 4 is 40.2 Å². The summed E-state index contributed by atoms with van der Waals surface area (Å²) < 4.78 is 0. The van der Waals surface area contributed by atoms with Crippen molar-refractivity contribution in [1.29, 1.82) is 0 Å². The number of nitrogens with zero attached hydrogens (tertiary/aromatic N) is 1. The van der Waals surface area contributed by atoms with Crippen LogP contribution >= 0.6 is 22.9 Å². The summed E-state index contributed by atoms with van der Waals surface area (Å²) in [4.78, 5) is 15.9. The molecule has 0 saturated carbocycles. The van der Waals surface area contributed by atoms with Gasteiger partial charge in [0.15, 0.2) is 0 Å². The third kappa shape index (κ3) is 4.19. The summed E-state index contributed by atoms with van der Waals surface area (Å²) in [6.07, 6.45) is 0.444. The fourth-order valence-corrected chi connectivity index (χ4v) is 2.73. The molecule has 1 aromatic heterocycles. The topological polar surface area (TPSA) is 54.0 Å². The largest absolute Gasteiger partial charge is 0.376 e. The molecule has 1 amide bonds. The third-order valence-electron chi connectivity index (χ3n) is 3.02. The lowest BCUT2D eigenvalue weighted by Crippen LogP contribution is -2.11. The lowest BCUT2D eigenvalue weighted by molar-refractivity contribution is -0.115. The molecule has 0 fully saturated rings. The predicted octanol–water partition coefficient (Wildman–Crippen LogP) is 4.63. The molecule has 1 unspecified atom stereocenters. The van der Waals surface area contributed by atoms with Gasteiger partial charge < -0.3 is 10.6 Å². The van der Waals surface area contributed by atoms with Crippen LogP contribution < -0.4 is 10.6 Å². The zero-order valence-electron chi connectivity index (χ0n) is 12.2. The first-order valence-corrected chi connectivity index (χ1v) is 8.03. The van der Waals surface area contributed by atoms with Gasteiger partial charge in [0, 0.05) is 17.5 Å². The first kappa shape index (κ1) is 15.8. The Labute approximate surface area is 133 Å². The highest BCUT2D eigenvalue weighted by molar-refractivity contribution is 7.09. The molecule has 112 valence electrons. The SMILES string of the molecule is CCC(=O)Nc1ccc(Cl)c(NC(C)c2csc(C)n2)c1. The van der Waals surface area contributed by atoms with E-state index in [0.29, 0.717) is 11.4 Å². The van der Waals surface area contributed by atoms with Crippen molar-refractivity contribution in [3.63, 3.8) is 0 Å². The molecule has 0 saturated heterocycles. The third-order valence-corrected chi connectivity index (χ3v) is 4.14. The summed E-state index contributed by atoms with van der Waals surface area (Å²) in [6, 6.07) is 5.45. The van der Waals surface area contributed by atoms with Gasteiger partial charge in [-0.15, -0.1) is 11.3 Å². The monoisotopic (exact) mass is 323 g/mol. The summed E-state index contributed by atoms with van der Waals surface area (Å²) in [7, 11) is 0. The van der Waals surface area contributed by atoms with Gasteiger partial charge in [-0.2, -0.15) is 0 Å². The number of halogens is 1. The maximum Gasteiger partial charge on any atom is 0.224 e. The van der Waals surface area contributed by atoms with Gasteiger partial charge in [0.05, 0.1) is 27.5 Å². The summed E-state index contributed by atoms with van der Waals surface area (Å²) in [5, 5.41) is 9.84. The number of aromatic nitrogens is 1. The molecule has 0 aliphatic heterocycles. The van der Waals surface area contributed by atoms with Crippen LogP contribution in [0.3, 0.4) is 0 Å². The predicted molar refractivity (Wildman–Crippen MR) is 89.3 cm³/mol. The number of hydrogen-bond acceptors (Lipinski definition) is 4. The van der Waals surface area contributed by atoms with Crippen LogP contribution in [0.2, 0.25) is 5.02 Å². The number of hydrogen-bond donors (Lipinski definition) is 2. The Morgan fingerprint density at radius 2 is 2.24 bits per heavy atom. The molecule has 0 aliphatic carbocycles. The van der Waals surface area contributed by atoms with Gasteiger partial charge in [-0.1, -0.05) is 18.5 Å². The molecule has 1 aromatic carbocycles. The number of amides is 1. The van der Waals surface area contributed by atoms with Crippen molar-refractivity contribution in [3.8, 4) is 0 Å². The van der Waals surface area contributed by atoms with E-state index in [1.54, 1.807) is 23.5 Å². The molecular formula is C15H18ClN3OS. The van der Waals surface area contributed by atoms with Crippen LogP contribution in [-0.4, -0.2) is 10.9 Å². The lowest BCUT2D eigenvalue weighted by Gasteiger charge is -2.16. The molecule has 6 heteroatoms. The standard InChI is InChI=1S/C15H18ClN3OS/c1-4-15(20)19-11-5-6-12(16)13(7-11)17-9(2)14-8-21-10(3)18-14/h5-9,17H,4H2,1-3H3,(H,19,20). The number of benzene rings is 1. The number of aryl methyl sites for hydroxylation is 1. The molecule has 21 heavy (non-hydrogen) atoms. The maximum atomic E-state index is 11.5. The number of rotatable bonds is 5. The van der Waals surface area contributed by atoms with Crippen LogP contribution in [0.25, 0.3) is 0 Å². The van der Waals surface area contributed by atoms with Gasteiger partial charge in [-0.25, -0.2) is 4.98 Å². The average Bonchev–Trinajstić information content (AvgIpc) is 2.89. The molecule has 0 bridgehead atoms. The van der Waals surface area contributed by atoms with E-state index in [1.165, 1.54) is 0 Å². The maximum absolute atomic E-state index is 11.5. The van der Waals surface area contributed by atoms with Crippen LogP contribution in [0.4, 0.5) is 11.4 Å². The van der Waals surface area contributed by atoms with Crippen molar-refractivity contribution in [2.24, 2.45) is 0 Å². The van der Waals surface area contributed by atoms with Crippen molar-refractivity contribution in [3.05, 3.63) is 39.3 Å². The minimum atomic E-state index is -0.0218. The van der Waals surface area contributed by atoms with E-state index in [1.807, 2.05) is 32.2 Å². The average molecular weight is 324 g/mol. The van der Waals surface area contributed by atoms with E-state index >= 15 is 0 Å². The fourth-order valence-electron chi connectivity index (χ4n) is 1.85. The minimum absolute atomic E-state index is 0.0218. The Kier molecular flexibility index (Phi) is 5.20. The van der Waals surface area contributed by atoms with E-state index in [-0.39, 0.29) is 11.9 Å². The first-order chi connectivity index (χ1) is 9.99. The second-order valence-corrected chi connectivity index (χ2v) is 6.22. The van der Waals surface area contributed by atoms with E-state index in [9.17, 15) is 4.79 Å². The van der Waals surface area contributed by atoms with E-state index < -0.39 is 0 Å². The lowest BCUT2D eigenvalue weighted by atomic mass is 10.2. The first-order valence-electron chi connectivity index (χ1n) is 6.77. The Bertz CT molecular complexity index is 642. The molecule has 4 nitrogen and oxygen atoms in total. The van der Waals surface area contributed by atoms with E-state index in [0.717, 1.165) is 22.1 Å². The van der Waals surface area contributed by atoms with Gasteiger partial charge in [0.1, 0.15) is 0 Å². The van der Waals surface area contributed by atoms with Crippen LogP contribution in [-0.2, 0) is 4.79 Å². The number of nitrogens with one attached hydrogen (secondary N) is 2. The zero-order valence-corrected chi connectivity index (χ0v) is 13.8. The Morgan fingerprint density at radius 3 is 2.86 bits per heavy atom. The fraction of sp³-hybridized carbons (Fsp3) is 0.333. The number of thiazole rings is 1. The summed E-state index contributed by atoms with van der Waals surface area (Å²) >= 11 is 7.83. The van der Waals surface area contributed by atoms with Gasteiger partial charge in [-0.05, 0) is 32.0 Å². The number of carbonyl (C=O) groups is 1. The number of anilines is 2. The van der Waals surface area contributed by atoms with Crippen LogP contribution in [0.15, 0.2) is 23.6 Å². The molecule has 2 rings (SSSR count). The van der Waals surface area contributed by atoms with Crippen LogP contribution in [0, 0.1) is 6.92 Å². The molecule has 2 N–H and O–H groups in total. The van der Waals surface area contributed by atoms with Gasteiger partial charge in [0.2, 0.25) is 5.91 Å². The smallest absolute Gasteiger partial charge is 0.224 e. The Morgan fingerprint density at radius 1 is 1.48 bits per heavy atom. The van der Waals surface area contributed by atoms with E-state index in [4.69, 9.17) is 11.6 Å². The van der Waals surface area contributed by atoms with Crippen molar-refractivity contribution in [2.45, 2.75) is 33.2 Å². The Balaban J connectivity index is 2.15. The molecular weight excluding hydrogens is 306 g/mol. The normalized spacial score (nSPS) is 12.0. The zero-order chi connectivity index (χ0) is 15.4. The molecule has 0 spiro atoms. The molecule has 1 heterocycles. The highest BCUT2D eigenvalue weighted by atomic mass is 35.5. The van der Waals surface area contributed by atoms with Gasteiger partial charge in [0.25, 0.3) is 0 Å². The van der Waals surface area contributed by atoms with Crippen molar-refractivity contribution in [1.82, 2.24) is 4.98 Å². The molecule has 1 atom stereocenters. The molecule has 0 aliphatic rings. The quantitative estimate of drug-likeness (QED) is 0.843. The van der Waals surface area contributed by atoms with Gasteiger partial charge in [-0.3, -0.25) is 4.79 Å². The van der Waals surface area contributed by atoms with E-state index in [2.05, 4.69) is 15.6 Å². The van der Waals surface area contributed by atoms with Crippen LogP contribution in [0.1, 0.15) is 37.0 Å².